The van der Waals surface area contributed by atoms with Gasteiger partial charge in [-0.3, -0.25) is 10.1 Å². The minimum absolute atomic E-state index is 0.0967. The summed E-state index contributed by atoms with van der Waals surface area (Å²) in [5.74, 6) is 1.32. The number of nitrogens with one attached hydrogen (secondary N) is 3. The highest BCUT2D eigenvalue weighted by Crippen LogP contribution is 2.29. The van der Waals surface area contributed by atoms with Gasteiger partial charge >= 0.3 is 0 Å². The van der Waals surface area contributed by atoms with Crippen LogP contribution in [0.3, 0.4) is 0 Å². The molecule has 148 valence electrons. The molecule has 27 heavy (non-hydrogen) atoms. The van der Waals surface area contributed by atoms with Crippen molar-refractivity contribution in [3.05, 3.63) is 35.9 Å². The Bertz CT molecular complexity index is 609. The molecule has 4 rings (SSSR count). The Morgan fingerprint density at radius 1 is 1.11 bits per heavy atom. The minimum atomic E-state index is 0.0967. The first-order valence-electron chi connectivity index (χ1n) is 10.3. The van der Waals surface area contributed by atoms with E-state index in [-0.39, 0.29) is 18.0 Å². The number of rotatable bonds is 6. The van der Waals surface area contributed by atoms with Gasteiger partial charge in [0.15, 0.2) is 0 Å². The molecule has 4 unspecified atom stereocenters. The quantitative estimate of drug-likeness (QED) is 0.697. The third-order valence-electron chi connectivity index (χ3n) is 6.02. The Morgan fingerprint density at radius 2 is 1.93 bits per heavy atom. The van der Waals surface area contributed by atoms with E-state index in [0.717, 1.165) is 57.6 Å². The highest BCUT2D eigenvalue weighted by molar-refractivity contribution is 7.99. The zero-order valence-electron chi connectivity index (χ0n) is 15.9. The van der Waals surface area contributed by atoms with Crippen molar-refractivity contribution in [1.82, 2.24) is 16.0 Å². The standard InChI is InChI=1S/C21H31N3O2S/c25-21-18-7-6-16(22-13-15-4-2-1-3-5-15)12-19(18)23-20(24-21)14-27-17-8-10-26-11-9-17/h1-5,16-20,22-23H,6-14H2,(H,24,25). The maximum absolute atomic E-state index is 12.6. The van der Waals surface area contributed by atoms with E-state index in [1.54, 1.807) is 0 Å². The zero-order chi connectivity index (χ0) is 18.5. The lowest BCUT2D eigenvalue weighted by Crippen LogP contribution is -2.64. The first kappa shape index (κ1) is 19.2. The van der Waals surface area contributed by atoms with Gasteiger partial charge in [-0.25, -0.2) is 0 Å². The number of benzene rings is 1. The number of hydrogen-bond acceptors (Lipinski definition) is 5. The molecular weight excluding hydrogens is 358 g/mol. The van der Waals surface area contributed by atoms with E-state index in [9.17, 15) is 4.79 Å². The van der Waals surface area contributed by atoms with Gasteiger partial charge in [-0.2, -0.15) is 11.8 Å². The van der Waals surface area contributed by atoms with Crippen LogP contribution in [0.4, 0.5) is 0 Å². The molecule has 0 bridgehead atoms. The number of hydrogen-bond donors (Lipinski definition) is 3. The molecule has 3 fully saturated rings. The molecule has 1 aromatic rings. The molecule has 1 aliphatic carbocycles. The SMILES string of the molecule is O=C1NC(CSC2CCOCC2)NC2CC(NCc3ccccc3)CCC12. The van der Waals surface area contributed by atoms with E-state index in [1.165, 1.54) is 5.56 Å². The van der Waals surface area contributed by atoms with Gasteiger partial charge in [0.05, 0.1) is 12.1 Å². The van der Waals surface area contributed by atoms with Gasteiger partial charge in [0.1, 0.15) is 0 Å². The normalized spacial score (nSPS) is 31.9. The largest absolute Gasteiger partial charge is 0.381 e. The summed E-state index contributed by atoms with van der Waals surface area (Å²) in [5, 5.41) is 11.3. The third kappa shape index (κ3) is 5.25. The second-order valence-corrected chi connectivity index (χ2v) is 9.30. The summed E-state index contributed by atoms with van der Waals surface area (Å²) < 4.78 is 5.44. The van der Waals surface area contributed by atoms with E-state index in [1.807, 2.05) is 11.8 Å². The minimum Gasteiger partial charge on any atom is -0.381 e. The van der Waals surface area contributed by atoms with Crippen LogP contribution in [0.25, 0.3) is 0 Å². The van der Waals surface area contributed by atoms with E-state index in [4.69, 9.17) is 4.74 Å². The van der Waals surface area contributed by atoms with Crippen LogP contribution in [-0.2, 0) is 16.1 Å². The fourth-order valence-corrected chi connectivity index (χ4v) is 5.63. The molecule has 6 heteroatoms. The smallest absolute Gasteiger partial charge is 0.225 e. The van der Waals surface area contributed by atoms with Gasteiger partial charge in [0.2, 0.25) is 5.91 Å². The average molecular weight is 390 g/mol. The maximum Gasteiger partial charge on any atom is 0.225 e. The molecule has 3 N–H and O–H groups in total. The number of ether oxygens (including phenoxy) is 1. The summed E-state index contributed by atoms with van der Waals surface area (Å²) >= 11 is 1.98. The highest BCUT2D eigenvalue weighted by atomic mass is 32.2. The predicted octanol–water partition coefficient (Wildman–Crippen LogP) is 2.27. The lowest BCUT2D eigenvalue weighted by atomic mass is 9.79. The van der Waals surface area contributed by atoms with Crippen LogP contribution < -0.4 is 16.0 Å². The van der Waals surface area contributed by atoms with Crippen LogP contribution in [0.2, 0.25) is 0 Å². The summed E-state index contributed by atoms with van der Waals surface area (Å²) in [6, 6.07) is 11.3. The van der Waals surface area contributed by atoms with E-state index >= 15 is 0 Å². The van der Waals surface area contributed by atoms with Crippen LogP contribution in [-0.4, -0.2) is 48.4 Å². The summed E-state index contributed by atoms with van der Waals surface area (Å²) in [4.78, 5) is 12.6. The second-order valence-electron chi connectivity index (χ2n) is 7.96. The summed E-state index contributed by atoms with van der Waals surface area (Å²) in [5.41, 5.74) is 1.32. The van der Waals surface area contributed by atoms with Crippen LogP contribution in [0.15, 0.2) is 30.3 Å². The summed E-state index contributed by atoms with van der Waals surface area (Å²) in [7, 11) is 0. The van der Waals surface area contributed by atoms with Crippen molar-refractivity contribution in [1.29, 1.82) is 0 Å². The fourth-order valence-electron chi connectivity index (χ4n) is 4.46. The maximum atomic E-state index is 12.6. The van der Waals surface area contributed by atoms with Crippen molar-refractivity contribution in [2.24, 2.45) is 5.92 Å². The van der Waals surface area contributed by atoms with Crippen molar-refractivity contribution in [2.45, 2.75) is 62.1 Å². The Labute approximate surface area is 166 Å². The molecule has 3 aliphatic rings. The van der Waals surface area contributed by atoms with E-state index in [2.05, 4.69) is 46.3 Å². The predicted molar refractivity (Wildman–Crippen MR) is 110 cm³/mol. The Hall–Kier alpha value is -1.08. The molecule has 1 aromatic carbocycles. The Balaban J connectivity index is 1.26. The van der Waals surface area contributed by atoms with Crippen LogP contribution in [0, 0.1) is 5.92 Å². The number of fused-ring (bicyclic) bond motifs is 1. The molecule has 2 heterocycles. The molecule has 5 nitrogen and oxygen atoms in total. The third-order valence-corrected chi connectivity index (χ3v) is 7.49. The van der Waals surface area contributed by atoms with Gasteiger partial charge in [-0.1, -0.05) is 30.3 Å². The first-order chi connectivity index (χ1) is 13.3. The second kappa shape index (κ2) is 9.41. The average Bonchev–Trinajstić information content (AvgIpc) is 2.72. The molecule has 2 saturated heterocycles. The van der Waals surface area contributed by atoms with Gasteiger partial charge < -0.3 is 15.4 Å². The molecule has 4 atom stereocenters. The Kier molecular flexibility index (Phi) is 6.71. The van der Waals surface area contributed by atoms with Crippen molar-refractivity contribution < 1.29 is 9.53 Å². The van der Waals surface area contributed by atoms with Crippen LogP contribution in [0.5, 0.6) is 0 Å². The van der Waals surface area contributed by atoms with Gasteiger partial charge in [0, 0.05) is 42.8 Å². The number of amides is 1. The monoisotopic (exact) mass is 389 g/mol. The van der Waals surface area contributed by atoms with Crippen molar-refractivity contribution >= 4 is 17.7 Å². The number of carbonyl (C=O) groups is 1. The lowest BCUT2D eigenvalue weighted by molar-refractivity contribution is -0.130. The van der Waals surface area contributed by atoms with Crippen LogP contribution >= 0.6 is 11.8 Å². The van der Waals surface area contributed by atoms with Crippen molar-refractivity contribution in [2.75, 3.05) is 19.0 Å². The van der Waals surface area contributed by atoms with E-state index < -0.39 is 0 Å². The van der Waals surface area contributed by atoms with Gasteiger partial charge in [-0.15, -0.1) is 0 Å². The molecule has 2 aliphatic heterocycles. The molecule has 0 aromatic heterocycles. The number of thioether (sulfide) groups is 1. The molecule has 1 saturated carbocycles. The zero-order valence-corrected chi connectivity index (χ0v) is 16.7. The highest BCUT2D eigenvalue weighted by Gasteiger charge is 2.40. The molecule has 0 radical (unpaired) electrons. The fraction of sp³-hybridized carbons (Fsp3) is 0.667. The Morgan fingerprint density at radius 3 is 2.74 bits per heavy atom. The van der Waals surface area contributed by atoms with Crippen molar-refractivity contribution in [3.63, 3.8) is 0 Å². The van der Waals surface area contributed by atoms with Crippen LogP contribution in [0.1, 0.15) is 37.7 Å². The topological polar surface area (TPSA) is 62.4 Å². The molecule has 1 amide bonds. The number of carbonyl (C=O) groups excluding carboxylic acids is 1. The summed E-state index contributed by atoms with van der Waals surface area (Å²) in [6.07, 6.45) is 5.43. The van der Waals surface area contributed by atoms with Crippen molar-refractivity contribution in [3.8, 4) is 0 Å². The lowest BCUT2D eigenvalue weighted by Gasteiger charge is -2.43. The van der Waals surface area contributed by atoms with Gasteiger partial charge in [-0.05, 0) is 37.7 Å². The summed E-state index contributed by atoms with van der Waals surface area (Å²) in [6.45, 7) is 2.65. The van der Waals surface area contributed by atoms with E-state index in [0.29, 0.717) is 17.3 Å². The molecular formula is C21H31N3O2S. The first-order valence-corrected chi connectivity index (χ1v) is 11.4. The van der Waals surface area contributed by atoms with Gasteiger partial charge in [0.25, 0.3) is 0 Å². The molecule has 0 spiro atoms.